The summed E-state index contributed by atoms with van der Waals surface area (Å²) in [7, 11) is -5.56. The van der Waals surface area contributed by atoms with Crippen LogP contribution in [0.4, 0.5) is 18.9 Å². The summed E-state index contributed by atoms with van der Waals surface area (Å²) >= 11 is 0. The molecule has 0 radical (unpaired) electrons. The number of benzene rings is 2. The molecular formula is C23H17F3N4O5S. The van der Waals surface area contributed by atoms with Gasteiger partial charge in [0.2, 0.25) is 5.88 Å². The zero-order valence-corrected chi connectivity index (χ0v) is 19.0. The molecule has 2 aromatic carbocycles. The standard InChI is InChI=1S/C23H17F3N4O5S/c24-23(25,26)36(34,35)18-8-6-17(7-9-18)30-20(31)14-29(22(30)33)13-15-10-11-27-19(12-15)21(32)28-16-4-2-1-3-5-16/h1-12,14,31H,13H2,(H,28,32). The van der Waals surface area contributed by atoms with Crippen LogP contribution in [-0.4, -0.2) is 39.1 Å². The number of alkyl halides is 3. The second-order valence-electron chi connectivity index (χ2n) is 7.55. The van der Waals surface area contributed by atoms with E-state index in [1.54, 1.807) is 36.4 Å². The van der Waals surface area contributed by atoms with Gasteiger partial charge in [-0.3, -0.25) is 14.3 Å². The number of amides is 1. The first-order valence-corrected chi connectivity index (χ1v) is 11.7. The monoisotopic (exact) mass is 518 g/mol. The molecule has 0 unspecified atom stereocenters. The molecule has 2 heterocycles. The van der Waals surface area contributed by atoms with Crippen molar-refractivity contribution >= 4 is 21.4 Å². The fourth-order valence-corrected chi connectivity index (χ4v) is 4.11. The highest BCUT2D eigenvalue weighted by molar-refractivity contribution is 7.92. The van der Waals surface area contributed by atoms with Gasteiger partial charge in [-0.2, -0.15) is 13.2 Å². The average molecular weight is 518 g/mol. The summed E-state index contributed by atoms with van der Waals surface area (Å²) in [5, 5.41) is 13.0. The van der Waals surface area contributed by atoms with Crippen LogP contribution in [0.3, 0.4) is 0 Å². The largest absolute Gasteiger partial charge is 0.501 e. The number of hydrogen-bond acceptors (Lipinski definition) is 6. The van der Waals surface area contributed by atoms with Crippen molar-refractivity contribution < 1.29 is 31.5 Å². The Morgan fingerprint density at radius 1 is 1.03 bits per heavy atom. The Balaban J connectivity index is 1.57. The number of rotatable bonds is 6. The summed E-state index contributed by atoms with van der Waals surface area (Å²) in [6.45, 7) is -0.0614. The number of nitrogens with one attached hydrogen (secondary N) is 1. The van der Waals surface area contributed by atoms with Crippen molar-refractivity contribution in [3.05, 3.63) is 101 Å². The van der Waals surface area contributed by atoms with E-state index >= 15 is 0 Å². The highest BCUT2D eigenvalue weighted by atomic mass is 32.2. The Labute approximate surface area is 202 Å². The van der Waals surface area contributed by atoms with E-state index in [-0.39, 0.29) is 17.9 Å². The minimum absolute atomic E-state index is 0.0463. The summed E-state index contributed by atoms with van der Waals surface area (Å²) < 4.78 is 63.3. The third-order valence-corrected chi connectivity index (χ3v) is 6.59. The van der Waals surface area contributed by atoms with Crippen molar-refractivity contribution in [2.24, 2.45) is 0 Å². The molecular weight excluding hydrogens is 501 g/mol. The molecule has 0 spiro atoms. The normalized spacial score (nSPS) is 11.9. The fourth-order valence-electron chi connectivity index (χ4n) is 3.35. The zero-order chi connectivity index (χ0) is 26.1. The van der Waals surface area contributed by atoms with Gasteiger partial charge in [-0.05, 0) is 54.1 Å². The lowest BCUT2D eigenvalue weighted by Gasteiger charge is -2.09. The van der Waals surface area contributed by atoms with Crippen LogP contribution in [0.25, 0.3) is 5.69 Å². The number of aromatic hydroxyl groups is 1. The molecule has 2 N–H and O–H groups in total. The first-order chi connectivity index (χ1) is 17.0. The molecule has 0 bridgehead atoms. The van der Waals surface area contributed by atoms with Crippen molar-refractivity contribution in [2.45, 2.75) is 16.9 Å². The summed E-state index contributed by atoms with van der Waals surface area (Å²) in [6.07, 6.45) is 2.49. The van der Waals surface area contributed by atoms with Gasteiger partial charge in [-0.1, -0.05) is 18.2 Å². The highest BCUT2D eigenvalue weighted by Crippen LogP contribution is 2.30. The number of carbonyl (C=O) groups is 1. The SMILES string of the molecule is O=C(Nc1ccccc1)c1cc(Cn2cc(O)n(-c3ccc(S(=O)(=O)C(F)(F)F)cc3)c2=O)ccn1. The lowest BCUT2D eigenvalue weighted by molar-refractivity contribution is -0.0436. The van der Waals surface area contributed by atoms with E-state index in [1.807, 2.05) is 0 Å². The van der Waals surface area contributed by atoms with Crippen LogP contribution in [-0.2, 0) is 16.4 Å². The number of hydrogen-bond donors (Lipinski definition) is 2. The van der Waals surface area contributed by atoms with Crippen LogP contribution in [0, 0.1) is 0 Å². The van der Waals surface area contributed by atoms with Crippen LogP contribution in [0.5, 0.6) is 5.88 Å². The number of imidazole rings is 1. The molecule has 0 aliphatic heterocycles. The molecule has 0 saturated heterocycles. The Morgan fingerprint density at radius 3 is 2.33 bits per heavy atom. The zero-order valence-electron chi connectivity index (χ0n) is 18.2. The molecule has 2 aromatic heterocycles. The van der Waals surface area contributed by atoms with Crippen LogP contribution in [0.15, 0.2) is 88.8 Å². The van der Waals surface area contributed by atoms with Gasteiger partial charge in [0.25, 0.3) is 15.7 Å². The van der Waals surface area contributed by atoms with E-state index in [4.69, 9.17) is 0 Å². The van der Waals surface area contributed by atoms with Crippen LogP contribution in [0.1, 0.15) is 16.1 Å². The maximum absolute atomic E-state index is 12.9. The summed E-state index contributed by atoms with van der Waals surface area (Å²) in [4.78, 5) is 28.4. The summed E-state index contributed by atoms with van der Waals surface area (Å²) in [5.74, 6) is -0.993. The Kier molecular flexibility index (Phi) is 6.41. The van der Waals surface area contributed by atoms with Gasteiger partial charge in [0.05, 0.1) is 23.3 Å². The molecule has 4 rings (SSSR count). The van der Waals surface area contributed by atoms with Gasteiger partial charge < -0.3 is 10.4 Å². The first-order valence-electron chi connectivity index (χ1n) is 10.2. The molecule has 0 aliphatic rings. The van der Waals surface area contributed by atoms with Gasteiger partial charge in [-0.15, -0.1) is 0 Å². The maximum atomic E-state index is 12.9. The van der Waals surface area contributed by atoms with Gasteiger partial charge >= 0.3 is 11.2 Å². The third-order valence-electron chi connectivity index (χ3n) is 5.09. The number of para-hydroxylation sites is 1. The predicted molar refractivity (Wildman–Crippen MR) is 123 cm³/mol. The lowest BCUT2D eigenvalue weighted by Crippen LogP contribution is -2.24. The average Bonchev–Trinajstić information content (AvgIpc) is 3.11. The van der Waals surface area contributed by atoms with Crippen molar-refractivity contribution in [1.82, 2.24) is 14.1 Å². The van der Waals surface area contributed by atoms with Gasteiger partial charge in [0, 0.05) is 11.9 Å². The number of aromatic nitrogens is 3. The molecule has 36 heavy (non-hydrogen) atoms. The van der Waals surface area contributed by atoms with E-state index in [0.717, 1.165) is 27.5 Å². The van der Waals surface area contributed by atoms with E-state index in [2.05, 4.69) is 10.3 Å². The first kappa shape index (κ1) is 24.7. The molecule has 13 heteroatoms. The molecule has 0 atom stereocenters. The topological polar surface area (TPSA) is 123 Å². The minimum atomic E-state index is -5.56. The maximum Gasteiger partial charge on any atom is 0.501 e. The molecule has 4 aromatic rings. The van der Waals surface area contributed by atoms with E-state index in [9.17, 15) is 36.3 Å². The molecule has 0 aliphatic carbocycles. The lowest BCUT2D eigenvalue weighted by atomic mass is 10.2. The molecule has 9 nitrogen and oxygen atoms in total. The van der Waals surface area contributed by atoms with Crippen molar-refractivity contribution in [3.63, 3.8) is 0 Å². The Hall–Kier alpha value is -4.39. The van der Waals surface area contributed by atoms with Gasteiger partial charge in [0.15, 0.2) is 0 Å². The Bertz CT molecular complexity index is 1580. The van der Waals surface area contributed by atoms with E-state index in [0.29, 0.717) is 23.4 Å². The number of nitrogens with zero attached hydrogens (tertiary/aromatic N) is 3. The second kappa shape index (κ2) is 9.34. The van der Waals surface area contributed by atoms with Crippen molar-refractivity contribution in [2.75, 3.05) is 5.32 Å². The predicted octanol–water partition coefficient (Wildman–Crippen LogP) is 3.33. The summed E-state index contributed by atoms with van der Waals surface area (Å²) in [6, 6.07) is 15.1. The van der Waals surface area contributed by atoms with Crippen molar-refractivity contribution in [3.8, 4) is 11.6 Å². The van der Waals surface area contributed by atoms with Crippen LogP contribution in [0.2, 0.25) is 0 Å². The second-order valence-corrected chi connectivity index (χ2v) is 9.49. The molecule has 186 valence electrons. The highest BCUT2D eigenvalue weighted by Gasteiger charge is 2.46. The van der Waals surface area contributed by atoms with Gasteiger partial charge in [0.1, 0.15) is 5.69 Å². The van der Waals surface area contributed by atoms with Crippen molar-refractivity contribution in [1.29, 1.82) is 0 Å². The number of anilines is 1. The van der Waals surface area contributed by atoms with Crippen LogP contribution < -0.4 is 11.0 Å². The Morgan fingerprint density at radius 2 is 1.69 bits per heavy atom. The minimum Gasteiger partial charge on any atom is -0.493 e. The fraction of sp³-hybridized carbons (Fsp3) is 0.0870. The molecule has 0 fully saturated rings. The van der Waals surface area contributed by atoms with E-state index in [1.165, 1.54) is 12.3 Å². The number of pyridine rings is 1. The summed E-state index contributed by atoms with van der Waals surface area (Å²) in [5.41, 5.74) is -5.09. The number of carbonyl (C=O) groups excluding carboxylic acids is 1. The number of sulfone groups is 1. The quantitative estimate of drug-likeness (QED) is 0.404. The number of halogens is 3. The van der Waals surface area contributed by atoms with E-state index < -0.39 is 37.7 Å². The van der Waals surface area contributed by atoms with Gasteiger partial charge in [-0.25, -0.2) is 17.8 Å². The van der Waals surface area contributed by atoms with Crippen LogP contribution >= 0.6 is 0 Å². The third kappa shape index (κ3) is 4.86. The smallest absolute Gasteiger partial charge is 0.493 e. The molecule has 1 amide bonds. The molecule has 0 saturated carbocycles.